The number of hydrogen-bond donors (Lipinski definition) is 1. The summed E-state index contributed by atoms with van der Waals surface area (Å²) in [6.07, 6.45) is 10.4. The molecule has 1 aromatic carbocycles. The molecule has 3 rings (SSSR count). The fraction of sp³-hybridized carbons (Fsp3) is 0.0714. The van der Waals surface area contributed by atoms with E-state index >= 15 is 0 Å². The number of anilines is 1. The maximum absolute atomic E-state index is 8.90. The van der Waals surface area contributed by atoms with Gasteiger partial charge in [0.25, 0.3) is 0 Å². The van der Waals surface area contributed by atoms with E-state index in [0.717, 1.165) is 11.4 Å². The Hall–Kier alpha value is -2.27. The summed E-state index contributed by atoms with van der Waals surface area (Å²) < 4.78 is 0. The van der Waals surface area contributed by atoms with Gasteiger partial charge < -0.3 is 5.32 Å². The molecule has 0 saturated carbocycles. The van der Waals surface area contributed by atoms with Gasteiger partial charge in [0, 0.05) is 17.3 Å². The highest BCUT2D eigenvalue weighted by Gasteiger charge is 2.18. The zero-order chi connectivity index (χ0) is 11.0. The lowest BCUT2D eigenvalue weighted by molar-refractivity contribution is 1.05. The van der Waals surface area contributed by atoms with Crippen LogP contribution in [0.3, 0.4) is 0 Å². The van der Waals surface area contributed by atoms with Crippen LogP contribution in [0.15, 0.2) is 54.3 Å². The largest absolute Gasteiger partial charge is 0.356 e. The third-order valence-corrected chi connectivity index (χ3v) is 2.88. The molecule has 0 spiro atoms. The van der Waals surface area contributed by atoms with Crippen molar-refractivity contribution in [2.24, 2.45) is 0 Å². The first-order valence-corrected chi connectivity index (χ1v) is 5.24. The minimum absolute atomic E-state index is 0.273. The molecular formula is C14H10N2. The van der Waals surface area contributed by atoms with Gasteiger partial charge in [-0.1, -0.05) is 18.2 Å². The van der Waals surface area contributed by atoms with Gasteiger partial charge in [0.2, 0.25) is 0 Å². The molecule has 1 aliphatic heterocycles. The number of hydrogen-bond acceptors (Lipinski definition) is 2. The van der Waals surface area contributed by atoms with Crippen LogP contribution < -0.4 is 5.32 Å². The van der Waals surface area contributed by atoms with Gasteiger partial charge in [-0.25, -0.2) is 0 Å². The van der Waals surface area contributed by atoms with Crippen molar-refractivity contribution in [1.82, 2.24) is 0 Å². The number of rotatable bonds is 0. The van der Waals surface area contributed by atoms with Crippen molar-refractivity contribution in [1.29, 1.82) is 5.26 Å². The highest BCUT2D eigenvalue weighted by Crippen LogP contribution is 2.35. The number of nitrogens with one attached hydrogen (secondary N) is 1. The first kappa shape index (κ1) is 8.99. The van der Waals surface area contributed by atoms with Gasteiger partial charge in [-0.3, -0.25) is 0 Å². The molecule has 16 heavy (non-hydrogen) atoms. The summed E-state index contributed by atoms with van der Waals surface area (Å²) in [5.74, 6) is 0.273. The van der Waals surface area contributed by atoms with Gasteiger partial charge in [-0.15, -0.1) is 0 Å². The molecule has 2 nitrogen and oxygen atoms in total. The van der Waals surface area contributed by atoms with Gasteiger partial charge in [0.15, 0.2) is 0 Å². The summed E-state index contributed by atoms with van der Waals surface area (Å²) in [4.78, 5) is 0. The number of benzene rings is 1. The van der Waals surface area contributed by atoms with E-state index in [-0.39, 0.29) is 5.92 Å². The first-order valence-electron chi connectivity index (χ1n) is 5.24. The van der Waals surface area contributed by atoms with E-state index in [1.807, 2.05) is 30.4 Å². The summed E-state index contributed by atoms with van der Waals surface area (Å²) in [6, 6.07) is 7.95. The van der Waals surface area contributed by atoms with Crippen LogP contribution in [0.4, 0.5) is 5.69 Å². The molecule has 1 unspecified atom stereocenters. The second-order valence-corrected chi connectivity index (χ2v) is 3.93. The molecule has 0 radical (unpaired) electrons. The summed E-state index contributed by atoms with van der Waals surface area (Å²) >= 11 is 0. The molecule has 1 atom stereocenters. The average Bonchev–Trinajstić information content (AvgIpc) is 2.52. The van der Waals surface area contributed by atoms with E-state index < -0.39 is 0 Å². The lowest BCUT2D eigenvalue weighted by atomic mass is 9.92. The third-order valence-electron chi connectivity index (χ3n) is 2.88. The smallest absolute Gasteiger partial charge is 0.0991 e. The topological polar surface area (TPSA) is 35.8 Å². The number of fused-ring (bicyclic) bond motifs is 3. The van der Waals surface area contributed by atoms with Gasteiger partial charge in [0.1, 0.15) is 0 Å². The predicted octanol–water partition coefficient (Wildman–Crippen LogP) is 3.08. The Labute approximate surface area is 94.2 Å². The van der Waals surface area contributed by atoms with E-state index in [1.54, 1.807) is 0 Å². The maximum Gasteiger partial charge on any atom is 0.0991 e. The van der Waals surface area contributed by atoms with Crippen LogP contribution in [0, 0.1) is 11.3 Å². The molecular weight excluding hydrogens is 196 g/mol. The zero-order valence-corrected chi connectivity index (χ0v) is 8.64. The van der Waals surface area contributed by atoms with Crippen molar-refractivity contribution >= 4 is 5.69 Å². The number of allylic oxidation sites excluding steroid dienone is 5. The second kappa shape index (κ2) is 3.39. The van der Waals surface area contributed by atoms with E-state index in [9.17, 15) is 0 Å². The van der Waals surface area contributed by atoms with E-state index in [4.69, 9.17) is 5.26 Å². The SMILES string of the molecule is N#Cc1ccc2c(c1)C1C=CC=CC(=C1)N2. The molecule has 2 bridgehead atoms. The van der Waals surface area contributed by atoms with Crippen molar-refractivity contribution in [3.63, 3.8) is 0 Å². The Morgan fingerprint density at radius 1 is 1.25 bits per heavy atom. The van der Waals surface area contributed by atoms with Crippen LogP contribution in [0.2, 0.25) is 0 Å². The van der Waals surface area contributed by atoms with Crippen LogP contribution in [-0.4, -0.2) is 0 Å². The molecule has 1 N–H and O–H groups in total. The Bertz CT molecular complexity index is 571. The van der Waals surface area contributed by atoms with Crippen molar-refractivity contribution in [3.8, 4) is 6.07 Å². The summed E-state index contributed by atoms with van der Waals surface area (Å²) in [6.45, 7) is 0. The Balaban J connectivity index is 2.16. The normalized spacial score (nSPS) is 20.2. The van der Waals surface area contributed by atoms with Gasteiger partial charge in [-0.2, -0.15) is 5.26 Å². The first-order chi connectivity index (χ1) is 7.86. The lowest BCUT2D eigenvalue weighted by Gasteiger charge is -2.22. The monoisotopic (exact) mass is 206 g/mol. The summed E-state index contributed by atoms with van der Waals surface area (Å²) in [5.41, 5.74) is 4.09. The fourth-order valence-electron chi connectivity index (χ4n) is 2.10. The van der Waals surface area contributed by atoms with Crippen molar-refractivity contribution in [3.05, 3.63) is 65.4 Å². The lowest BCUT2D eigenvalue weighted by Crippen LogP contribution is -2.09. The third kappa shape index (κ3) is 1.34. The van der Waals surface area contributed by atoms with Gasteiger partial charge >= 0.3 is 0 Å². The second-order valence-electron chi connectivity index (χ2n) is 3.93. The van der Waals surface area contributed by atoms with E-state index in [0.29, 0.717) is 5.56 Å². The molecule has 76 valence electrons. The maximum atomic E-state index is 8.90. The summed E-state index contributed by atoms with van der Waals surface area (Å²) in [5, 5.41) is 12.2. The Morgan fingerprint density at radius 3 is 3.06 bits per heavy atom. The molecule has 0 aromatic heterocycles. The average molecular weight is 206 g/mol. The fourth-order valence-corrected chi connectivity index (χ4v) is 2.10. The van der Waals surface area contributed by atoms with E-state index in [2.05, 4.69) is 29.6 Å². The van der Waals surface area contributed by atoms with Gasteiger partial charge in [-0.05, 0) is 35.9 Å². The van der Waals surface area contributed by atoms with Crippen LogP contribution in [-0.2, 0) is 0 Å². The van der Waals surface area contributed by atoms with Gasteiger partial charge in [0.05, 0.1) is 11.6 Å². The van der Waals surface area contributed by atoms with Crippen LogP contribution >= 0.6 is 0 Å². The van der Waals surface area contributed by atoms with Crippen LogP contribution in [0.25, 0.3) is 0 Å². The van der Waals surface area contributed by atoms with Crippen molar-refractivity contribution in [2.75, 3.05) is 5.32 Å². The highest BCUT2D eigenvalue weighted by molar-refractivity contribution is 5.66. The molecule has 0 saturated heterocycles. The Kier molecular flexibility index (Phi) is 1.91. The predicted molar refractivity (Wildman–Crippen MR) is 63.9 cm³/mol. The molecule has 2 aliphatic rings. The molecule has 0 fully saturated rings. The van der Waals surface area contributed by atoms with Crippen LogP contribution in [0.1, 0.15) is 17.0 Å². The Morgan fingerprint density at radius 2 is 2.19 bits per heavy atom. The highest BCUT2D eigenvalue weighted by atomic mass is 14.9. The van der Waals surface area contributed by atoms with Crippen molar-refractivity contribution < 1.29 is 0 Å². The minimum Gasteiger partial charge on any atom is -0.356 e. The van der Waals surface area contributed by atoms with E-state index in [1.165, 1.54) is 5.56 Å². The summed E-state index contributed by atoms with van der Waals surface area (Å²) in [7, 11) is 0. The molecule has 1 aliphatic carbocycles. The van der Waals surface area contributed by atoms with Crippen LogP contribution in [0.5, 0.6) is 0 Å². The number of nitrogens with zero attached hydrogens (tertiary/aromatic N) is 1. The molecule has 1 aromatic rings. The quantitative estimate of drug-likeness (QED) is 0.708. The molecule has 1 heterocycles. The molecule has 2 heteroatoms. The zero-order valence-electron chi connectivity index (χ0n) is 8.64. The molecule has 0 amide bonds. The standard InChI is InChI=1S/C14H10N2/c15-9-10-5-6-14-13(7-10)11-3-1-2-4-12(8-11)16-14/h1-8,11,16H. The van der Waals surface area contributed by atoms with Crippen molar-refractivity contribution in [2.45, 2.75) is 5.92 Å². The number of nitriles is 1. The minimum atomic E-state index is 0.273.